The van der Waals surface area contributed by atoms with Gasteiger partial charge >= 0.3 is 6.18 Å². The van der Waals surface area contributed by atoms with Crippen LogP contribution in [-0.2, 0) is 9.53 Å². The number of primary amides is 1. The molecule has 0 bridgehead atoms. The summed E-state index contributed by atoms with van der Waals surface area (Å²) in [5.74, 6) is -7.87. The Morgan fingerprint density at radius 3 is 2.53 bits per heavy atom. The van der Waals surface area contributed by atoms with Crippen LogP contribution in [-0.4, -0.2) is 41.3 Å². The molecular weight excluding hydrogens is 465 g/mol. The fourth-order valence-corrected chi connectivity index (χ4v) is 3.98. The number of nitrogens with two attached hydrogens (primary N) is 1. The summed E-state index contributed by atoms with van der Waals surface area (Å²) < 4.78 is 80.9. The van der Waals surface area contributed by atoms with Crippen molar-refractivity contribution in [2.45, 2.75) is 44.6 Å². The number of carbonyl (C=O) groups excluding carboxylic acids is 2. The quantitative estimate of drug-likeness (QED) is 0.601. The number of halogens is 5. The zero-order chi connectivity index (χ0) is 25.4. The number of anilines is 1. The van der Waals surface area contributed by atoms with Crippen LogP contribution in [0.1, 0.15) is 42.7 Å². The number of carbonyl (C=O) groups is 2. The molecular formula is C22H22F5N3O4. The minimum atomic E-state index is -4.89. The summed E-state index contributed by atoms with van der Waals surface area (Å²) >= 11 is 0. The Hall–Kier alpha value is -3.28. The Kier molecular flexibility index (Phi) is 6.83. The van der Waals surface area contributed by atoms with Gasteiger partial charge in [0.2, 0.25) is 5.82 Å². The average Bonchev–Trinajstić information content (AvgIpc) is 3.04. The molecule has 1 aromatic carbocycles. The summed E-state index contributed by atoms with van der Waals surface area (Å²) in [4.78, 5) is 28.2. The largest absolute Gasteiger partial charge is 0.490 e. The molecule has 2 heterocycles. The first kappa shape index (κ1) is 25.3. The van der Waals surface area contributed by atoms with E-state index in [-0.39, 0.29) is 23.6 Å². The van der Waals surface area contributed by atoms with Crippen LogP contribution < -0.4 is 15.8 Å². The number of ether oxygens (including phenoxy) is 2. The van der Waals surface area contributed by atoms with E-state index < -0.39 is 58.9 Å². The number of pyridine rings is 1. The molecule has 7 nitrogen and oxygen atoms in total. The van der Waals surface area contributed by atoms with E-state index in [1.165, 1.54) is 26.1 Å². The molecule has 1 saturated heterocycles. The summed E-state index contributed by atoms with van der Waals surface area (Å²) in [5.41, 5.74) is 2.07. The summed E-state index contributed by atoms with van der Waals surface area (Å²) in [6.07, 6.45) is -5.48. The van der Waals surface area contributed by atoms with Crippen LogP contribution in [0.25, 0.3) is 0 Å². The van der Waals surface area contributed by atoms with Gasteiger partial charge in [-0.05, 0) is 32.0 Å². The van der Waals surface area contributed by atoms with Crippen LogP contribution in [0.2, 0.25) is 0 Å². The van der Waals surface area contributed by atoms with E-state index >= 15 is 0 Å². The molecule has 1 aliphatic rings. The van der Waals surface area contributed by atoms with Gasteiger partial charge in [0.1, 0.15) is 11.8 Å². The maximum atomic E-state index is 14.5. The Labute approximate surface area is 191 Å². The molecule has 12 heteroatoms. The first-order valence-corrected chi connectivity index (χ1v) is 10.2. The van der Waals surface area contributed by atoms with Crippen molar-refractivity contribution in [2.24, 2.45) is 11.7 Å². The zero-order valence-electron chi connectivity index (χ0n) is 18.4. The third-order valence-corrected chi connectivity index (χ3v) is 5.93. The van der Waals surface area contributed by atoms with E-state index in [0.717, 1.165) is 25.1 Å². The topological polar surface area (TPSA) is 104 Å². The minimum Gasteiger partial charge on any atom is -0.490 e. The molecule has 2 aromatic rings. The highest BCUT2D eigenvalue weighted by molar-refractivity contribution is 5.97. The van der Waals surface area contributed by atoms with E-state index in [1.807, 2.05) is 0 Å². The third kappa shape index (κ3) is 4.41. The molecule has 0 saturated carbocycles. The SMILES string of the molecule is CCOc1c([C@@H]2[C@@H](C(=O)Nc3ccnc(C(N)=O)c3)O[C@](C)(C(F)(F)F)[C@@H]2C)ccc(F)c1F. The molecule has 3 N–H and O–H groups in total. The number of benzene rings is 1. The molecule has 3 rings (SSSR count). The lowest BCUT2D eigenvalue weighted by molar-refractivity contribution is -0.272. The minimum absolute atomic E-state index is 0.0275. The second-order valence-electron chi connectivity index (χ2n) is 7.95. The predicted octanol–water partition coefficient (Wildman–Crippen LogP) is 3.94. The number of aromatic nitrogens is 1. The summed E-state index contributed by atoms with van der Waals surface area (Å²) in [5, 5.41) is 2.38. The molecule has 34 heavy (non-hydrogen) atoms. The van der Waals surface area contributed by atoms with Gasteiger partial charge in [0.15, 0.2) is 17.2 Å². The highest BCUT2D eigenvalue weighted by Gasteiger charge is 2.65. The van der Waals surface area contributed by atoms with Gasteiger partial charge in [-0.3, -0.25) is 14.6 Å². The molecule has 1 fully saturated rings. The molecule has 0 unspecified atom stereocenters. The van der Waals surface area contributed by atoms with Gasteiger partial charge in [-0.15, -0.1) is 0 Å². The van der Waals surface area contributed by atoms with E-state index in [9.17, 15) is 31.5 Å². The first-order chi connectivity index (χ1) is 15.8. The number of nitrogens with zero attached hydrogens (tertiary/aromatic N) is 1. The lowest BCUT2D eigenvalue weighted by atomic mass is 9.77. The van der Waals surface area contributed by atoms with Crippen molar-refractivity contribution in [3.63, 3.8) is 0 Å². The Morgan fingerprint density at radius 2 is 1.94 bits per heavy atom. The van der Waals surface area contributed by atoms with Crippen molar-refractivity contribution in [1.29, 1.82) is 0 Å². The van der Waals surface area contributed by atoms with Crippen LogP contribution in [0.15, 0.2) is 30.5 Å². The van der Waals surface area contributed by atoms with Crippen molar-refractivity contribution in [3.8, 4) is 5.75 Å². The average molecular weight is 487 g/mol. The molecule has 0 aliphatic carbocycles. The standard InChI is InChI=1S/C22H22F5N3O4/c1-4-33-17-12(5-6-13(23)16(17)24)15-10(2)21(3,22(25,26)27)34-18(15)20(32)30-11-7-8-29-14(9-11)19(28)31/h5-10,15,18H,4H2,1-3H3,(H2,28,31)(H,29,30,32)/t10-,15-,18+,21+/m1/s1. The van der Waals surface area contributed by atoms with E-state index in [1.54, 1.807) is 0 Å². The maximum absolute atomic E-state index is 14.5. The predicted molar refractivity (Wildman–Crippen MR) is 110 cm³/mol. The van der Waals surface area contributed by atoms with Gasteiger partial charge in [-0.2, -0.15) is 17.6 Å². The second-order valence-corrected chi connectivity index (χ2v) is 7.95. The number of amides is 2. The molecule has 0 spiro atoms. The lowest BCUT2D eigenvalue weighted by Gasteiger charge is -2.32. The van der Waals surface area contributed by atoms with Crippen molar-refractivity contribution in [2.75, 3.05) is 11.9 Å². The molecule has 4 atom stereocenters. The fourth-order valence-electron chi connectivity index (χ4n) is 3.98. The number of rotatable bonds is 6. The highest BCUT2D eigenvalue weighted by atomic mass is 19.4. The van der Waals surface area contributed by atoms with Crippen molar-refractivity contribution < 1.29 is 41.0 Å². The van der Waals surface area contributed by atoms with Gasteiger partial charge in [0.05, 0.1) is 6.61 Å². The Morgan fingerprint density at radius 1 is 1.26 bits per heavy atom. The number of nitrogens with one attached hydrogen (secondary N) is 1. The highest BCUT2D eigenvalue weighted by Crippen LogP contribution is 2.55. The second kappa shape index (κ2) is 9.16. The Bertz CT molecular complexity index is 1110. The van der Waals surface area contributed by atoms with Crippen molar-refractivity contribution >= 4 is 17.5 Å². The van der Waals surface area contributed by atoms with Crippen LogP contribution in [0.4, 0.5) is 27.6 Å². The molecule has 0 radical (unpaired) electrons. The summed E-state index contributed by atoms with van der Waals surface area (Å²) in [6.45, 7) is 3.39. The third-order valence-electron chi connectivity index (χ3n) is 5.93. The molecule has 184 valence electrons. The number of hydrogen-bond donors (Lipinski definition) is 2. The number of hydrogen-bond acceptors (Lipinski definition) is 5. The normalized spacial score (nSPS) is 24.6. The van der Waals surface area contributed by atoms with E-state index in [4.69, 9.17) is 15.2 Å². The van der Waals surface area contributed by atoms with Gasteiger partial charge < -0.3 is 20.5 Å². The van der Waals surface area contributed by atoms with Crippen molar-refractivity contribution in [3.05, 3.63) is 53.4 Å². The molecule has 1 aromatic heterocycles. The lowest BCUT2D eigenvalue weighted by Crippen LogP contribution is -2.47. The van der Waals surface area contributed by atoms with Crippen LogP contribution in [0.3, 0.4) is 0 Å². The van der Waals surface area contributed by atoms with Crippen LogP contribution in [0.5, 0.6) is 5.75 Å². The Balaban J connectivity index is 2.09. The monoisotopic (exact) mass is 487 g/mol. The maximum Gasteiger partial charge on any atom is 0.417 e. The van der Waals surface area contributed by atoms with Crippen LogP contribution >= 0.6 is 0 Å². The summed E-state index contributed by atoms with van der Waals surface area (Å²) in [6, 6.07) is 4.26. The van der Waals surface area contributed by atoms with Crippen LogP contribution in [0, 0.1) is 17.6 Å². The van der Waals surface area contributed by atoms with Gasteiger partial charge in [0, 0.05) is 29.3 Å². The van der Waals surface area contributed by atoms with E-state index in [0.29, 0.717) is 0 Å². The van der Waals surface area contributed by atoms with Crippen molar-refractivity contribution in [1.82, 2.24) is 4.98 Å². The molecule has 2 amide bonds. The van der Waals surface area contributed by atoms with Gasteiger partial charge in [-0.1, -0.05) is 13.0 Å². The molecule has 1 aliphatic heterocycles. The number of alkyl halides is 3. The zero-order valence-corrected chi connectivity index (χ0v) is 18.4. The smallest absolute Gasteiger partial charge is 0.417 e. The first-order valence-electron chi connectivity index (χ1n) is 10.2. The summed E-state index contributed by atoms with van der Waals surface area (Å²) in [7, 11) is 0. The van der Waals surface area contributed by atoms with E-state index in [2.05, 4.69) is 10.3 Å². The van der Waals surface area contributed by atoms with Gasteiger partial charge in [-0.25, -0.2) is 4.39 Å². The van der Waals surface area contributed by atoms with Gasteiger partial charge in [0.25, 0.3) is 11.8 Å². The fraction of sp³-hybridized carbons (Fsp3) is 0.409.